The second-order valence-electron chi connectivity index (χ2n) is 6.81. The van der Waals surface area contributed by atoms with E-state index in [0.717, 1.165) is 23.2 Å². The molecule has 0 amide bonds. The average molecular weight is 389 g/mol. The number of hydrogen-bond donors (Lipinski definition) is 1. The molecule has 1 aromatic rings. The van der Waals surface area contributed by atoms with Crippen LogP contribution in [-0.4, -0.2) is 57.8 Å². The van der Waals surface area contributed by atoms with Crippen molar-refractivity contribution in [3.05, 3.63) is 16.1 Å². The van der Waals surface area contributed by atoms with E-state index in [0.29, 0.717) is 18.8 Å². The van der Waals surface area contributed by atoms with Crippen LogP contribution in [0.15, 0.2) is 10.4 Å². The largest absolute Gasteiger partial charge is 0.375 e. The van der Waals surface area contributed by atoms with E-state index >= 15 is 0 Å². The van der Waals surface area contributed by atoms with Crippen LogP contribution in [-0.2, 0) is 22.1 Å². The lowest BCUT2D eigenvalue weighted by Crippen LogP contribution is -2.39. The molecule has 1 rings (SSSR count). The molecule has 0 saturated carbocycles. The minimum Gasteiger partial charge on any atom is -0.375 e. The normalized spacial score (nSPS) is 15.1. The topological polar surface area (TPSA) is 66.8 Å². The van der Waals surface area contributed by atoms with Gasteiger partial charge in [-0.05, 0) is 34.6 Å². The number of thiazole rings is 1. The van der Waals surface area contributed by atoms with Crippen LogP contribution in [0.1, 0.15) is 51.4 Å². The van der Waals surface area contributed by atoms with Gasteiger partial charge in [0.1, 0.15) is 11.1 Å². The number of nitrogens with one attached hydrogen (secondary N) is 1. The molecule has 1 N–H and O–H groups in total. The molecule has 0 aromatic carbocycles. The molecule has 0 aliphatic carbocycles. The summed E-state index contributed by atoms with van der Waals surface area (Å²) in [7, 11) is 2.79. The zero-order chi connectivity index (χ0) is 19.0. The van der Waals surface area contributed by atoms with Crippen molar-refractivity contribution in [2.75, 3.05) is 33.0 Å². The Balaban J connectivity index is 2.69. The molecule has 25 heavy (non-hydrogen) atoms. The van der Waals surface area contributed by atoms with Crippen LogP contribution in [0.4, 0.5) is 0 Å². The summed E-state index contributed by atoms with van der Waals surface area (Å²) >= 11 is 1.61. The number of ether oxygens (including phenoxy) is 1. The lowest BCUT2D eigenvalue weighted by molar-refractivity contribution is 0.119. The van der Waals surface area contributed by atoms with Gasteiger partial charge in [0.2, 0.25) is 0 Å². The zero-order valence-electron chi connectivity index (χ0n) is 16.5. The van der Waals surface area contributed by atoms with E-state index in [1.54, 1.807) is 18.4 Å². The molecule has 0 fully saturated rings. The first-order chi connectivity index (χ1) is 11.7. The van der Waals surface area contributed by atoms with Crippen LogP contribution in [0.2, 0.25) is 0 Å². The average Bonchev–Trinajstić information content (AvgIpc) is 3.00. The zero-order valence-corrected chi connectivity index (χ0v) is 18.1. The summed E-state index contributed by atoms with van der Waals surface area (Å²) in [6.45, 7) is 12.0. The third-order valence-electron chi connectivity index (χ3n) is 3.59. The van der Waals surface area contributed by atoms with Crippen LogP contribution < -0.4 is 5.32 Å². The summed E-state index contributed by atoms with van der Waals surface area (Å²) in [6, 6.07) is 0. The molecule has 0 radical (unpaired) electrons. The van der Waals surface area contributed by atoms with Crippen molar-refractivity contribution >= 4 is 28.1 Å². The third-order valence-corrected chi connectivity index (χ3v) is 6.56. The van der Waals surface area contributed by atoms with E-state index in [-0.39, 0.29) is 10.9 Å². The Morgan fingerprint density at radius 3 is 2.76 bits per heavy atom. The lowest BCUT2D eigenvalue weighted by atomic mass is 10.3. The smallest absolute Gasteiger partial charge is 0.194 e. The van der Waals surface area contributed by atoms with Gasteiger partial charge >= 0.3 is 0 Å². The molecule has 1 aromatic heterocycles. The van der Waals surface area contributed by atoms with Crippen LogP contribution >= 0.6 is 11.3 Å². The van der Waals surface area contributed by atoms with E-state index in [1.807, 2.05) is 46.6 Å². The summed E-state index contributed by atoms with van der Waals surface area (Å²) in [5, 5.41) is 6.32. The first-order valence-corrected chi connectivity index (χ1v) is 10.7. The van der Waals surface area contributed by atoms with E-state index < -0.39 is 10.8 Å². The Kier molecular flexibility index (Phi) is 9.02. The second-order valence-corrected chi connectivity index (χ2v) is 10.0. The Morgan fingerprint density at radius 2 is 2.20 bits per heavy atom. The summed E-state index contributed by atoms with van der Waals surface area (Å²) < 4.78 is 17.3. The lowest BCUT2D eigenvalue weighted by Gasteiger charge is -2.22. The number of rotatable bonds is 8. The van der Waals surface area contributed by atoms with Crippen molar-refractivity contribution in [3.63, 3.8) is 0 Å². The van der Waals surface area contributed by atoms with Gasteiger partial charge in [0.05, 0.1) is 18.8 Å². The molecule has 2 unspecified atom stereocenters. The summed E-state index contributed by atoms with van der Waals surface area (Å²) in [6.07, 6.45) is 0.0123. The highest BCUT2D eigenvalue weighted by molar-refractivity contribution is 7.86. The third kappa shape index (κ3) is 7.42. The van der Waals surface area contributed by atoms with Crippen molar-refractivity contribution in [1.82, 2.24) is 15.2 Å². The minimum absolute atomic E-state index is 0.0123. The number of aromatic nitrogens is 1. The molecular weight excluding hydrogens is 356 g/mol. The highest BCUT2D eigenvalue weighted by atomic mass is 32.2. The maximum atomic E-state index is 12.1. The van der Waals surface area contributed by atoms with Gasteiger partial charge in [0.25, 0.3) is 0 Å². The Hall–Kier alpha value is -0.990. The minimum atomic E-state index is -0.890. The maximum Gasteiger partial charge on any atom is 0.194 e. The van der Waals surface area contributed by atoms with Gasteiger partial charge in [0, 0.05) is 47.4 Å². The standard InChI is InChI=1S/C17H32N4O2S2/c1-8-18-16(19-9-10-25(22)17(3,4)5)21(6)11-14-12-24-15(20-14)13(2)23-7/h12-13H,8-11H2,1-7H3,(H,18,19). The Labute approximate surface area is 158 Å². The quantitative estimate of drug-likeness (QED) is 0.548. The van der Waals surface area contributed by atoms with E-state index in [2.05, 4.69) is 20.7 Å². The SMILES string of the molecule is CCNC(=NCCS(=O)C(C)(C)C)N(C)Cc1csc(C(C)OC)n1. The number of guanidine groups is 1. The van der Waals surface area contributed by atoms with Crippen molar-refractivity contribution in [2.45, 2.75) is 52.0 Å². The van der Waals surface area contributed by atoms with Gasteiger partial charge in [-0.2, -0.15) is 0 Å². The Bertz CT molecular complexity index is 581. The first kappa shape index (κ1) is 22.1. The van der Waals surface area contributed by atoms with Crippen molar-refractivity contribution in [1.29, 1.82) is 0 Å². The number of nitrogens with zero attached hydrogens (tertiary/aromatic N) is 3. The highest BCUT2D eigenvalue weighted by Gasteiger charge is 2.19. The van der Waals surface area contributed by atoms with Crippen LogP contribution in [0.3, 0.4) is 0 Å². The van der Waals surface area contributed by atoms with Gasteiger partial charge < -0.3 is 15.0 Å². The molecule has 0 spiro atoms. The number of methoxy groups -OCH3 is 1. The summed E-state index contributed by atoms with van der Waals surface area (Å²) in [5.74, 6) is 1.38. The first-order valence-electron chi connectivity index (χ1n) is 8.54. The molecular formula is C17H32N4O2S2. The summed E-state index contributed by atoms with van der Waals surface area (Å²) in [5.41, 5.74) is 0.996. The fraction of sp³-hybridized carbons (Fsp3) is 0.765. The second kappa shape index (κ2) is 10.2. The van der Waals surface area contributed by atoms with Gasteiger partial charge in [-0.3, -0.25) is 9.20 Å². The molecule has 144 valence electrons. The van der Waals surface area contributed by atoms with E-state index in [4.69, 9.17) is 4.74 Å². The maximum absolute atomic E-state index is 12.1. The van der Waals surface area contributed by atoms with E-state index in [1.165, 1.54) is 0 Å². The molecule has 0 bridgehead atoms. The van der Waals surface area contributed by atoms with Crippen LogP contribution in [0.25, 0.3) is 0 Å². The van der Waals surface area contributed by atoms with Gasteiger partial charge in [-0.25, -0.2) is 4.98 Å². The molecule has 6 nitrogen and oxygen atoms in total. The van der Waals surface area contributed by atoms with Gasteiger partial charge in [-0.15, -0.1) is 11.3 Å². The van der Waals surface area contributed by atoms with Crippen molar-refractivity contribution < 1.29 is 8.95 Å². The summed E-state index contributed by atoms with van der Waals surface area (Å²) in [4.78, 5) is 11.3. The number of aliphatic imine (C=N–C) groups is 1. The molecule has 8 heteroatoms. The van der Waals surface area contributed by atoms with Crippen LogP contribution in [0.5, 0.6) is 0 Å². The fourth-order valence-electron chi connectivity index (χ4n) is 2.01. The van der Waals surface area contributed by atoms with Crippen molar-refractivity contribution in [2.24, 2.45) is 4.99 Å². The molecule has 0 aliphatic heterocycles. The molecule has 0 saturated heterocycles. The van der Waals surface area contributed by atoms with Gasteiger partial charge in [-0.1, -0.05) is 0 Å². The van der Waals surface area contributed by atoms with Gasteiger partial charge in [0.15, 0.2) is 5.96 Å². The van der Waals surface area contributed by atoms with Crippen molar-refractivity contribution in [3.8, 4) is 0 Å². The molecule has 1 heterocycles. The highest BCUT2D eigenvalue weighted by Crippen LogP contribution is 2.20. The predicted molar refractivity (Wildman–Crippen MR) is 108 cm³/mol. The number of hydrogen-bond acceptors (Lipinski definition) is 5. The molecule has 2 atom stereocenters. The monoisotopic (exact) mass is 388 g/mol. The predicted octanol–water partition coefficient (Wildman–Crippen LogP) is 2.80. The van der Waals surface area contributed by atoms with E-state index in [9.17, 15) is 4.21 Å². The Morgan fingerprint density at radius 1 is 1.52 bits per heavy atom. The van der Waals surface area contributed by atoms with Crippen LogP contribution in [0, 0.1) is 0 Å². The molecule has 0 aliphatic rings. The fourth-order valence-corrected chi connectivity index (χ4v) is 3.72.